The first-order valence-corrected chi connectivity index (χ1v) is 5.49. The minimum absolute atomic E-state index is 0.158. The van der Waals surface area contributed by atoms with Gasteiger partial charge in [0.05, 0.1) is 6.04 Å². The van der Waals surface area contributed by atoms with Gasteiger partial charge >= 0.3 is 0 Å². The Balaban J connectivity index is 2.05. The molecule has 0 radical (unpaired) electrons. The molecule has 1 atom stereocenters. The first kappa shape index (κ1) is 11.0. The van der Waals surface area contributed by atoms with Crippen molar-refractivity contribution in [1.82, 2.24) is 4.90 Å². The molecule has 4 heteroatoms. The molecule has 16 heavy (non-hydrogen) atoms. The van der Waals surface area contributed by atoms with Crippen molar-refractivity contribution in [3.8, 4) is 5.75 Å². The van der Waals surface area contributed by atoms with E-state index in [9.17, 15) is 9.90 Å². The first-order chi connectivity index (χ1) is 7.68. The molecule has 1 aromatic carbocycles. The van der Waals surface area contributed by atoms with Gasteiger partial charge in [0.25, 0.3) is 0 Å². The van der Waals surface area contributed by atoms with Gasteiger partial charge in [-0.05, 0) is 12.5 Å². The Labute approximate surface area is 94.7 Å². The molecule has 1 heterocycles. The van der Waals surface area contributed by atoms with Crippen LogP contribution in [0.2, 0.25) is 0 Å². The average Bonchev–Trinajstić information content (AvgIpc) is 2.65. The Bertz CT molecular complexity index is 392. The predicted octanol–water partition coefficient (Wildman–Crippen LogP) is 1.01. The van der Waals surface area contributed by atoms with Gasteiger partial charge in [0.15, 0.2) is 0 Å². The summed E-state index contributed by atoms with van der Waals surface area (Å²) >= 11 is 0. The lowest BCUT2D eigenvalue weighted by molar-refractivity contribution is -0.127. The number of phenols is 1. The van der Waals surface area contributed by atoms with Crippen LogP contribution < -0.4 is 5.73 Å². The zero-order valence-corrected chi connectivity index (χ0v) is 9.10. The van der Waals surface area contributed by atoms with E-state index in [2.05, 4.69) is 0 Å². The molecule has 0 bridgehead atoms. The van der Waals surface area contributed by atoms with Gasteiger partial charge in [-0.3, -0.25) is 4.79 Å². The molecule has 1 aliphatic rings. The van der Waals surface area contributed by atoms with Crippen LogP contribution in [-0.4, -0.2) is 29.0 Å². The number of amides is 1. The van der Waals surface area contributed by atoms with Crippen LogP contribution in [0.25, 0.3) is 0 Å². The number of hydrogen-bond acceptors (Lipinski definition) is 3. The molecule has 0 saturated carbocycles. The van der Waals surface area contributed by atoms with Crippen LogP contribution >= 0.6 is 0 Å². The van der Waals surface area contributed by atoms with Crippen LogP contribution in [0, 0.1) is 0 Å². The molecule has 2 rings (SSSR count). The average molecular weight is 220 g/mol. The lowest BCUT2D eigenvalue weighted by Crippen LogP contribution is -2.33. The number of carbonyl (C=O) groups is 1. The molecule has 4 nitrogen and oxygen atoms in total. The molecule has 1 amide bonds. The van der Waals surface area contributed by atoms with Crippen molar-refractivity contribution in [3.63, 3.8) is 0 Å². The number of carbonyl (C=O) groups excluding carboxylic acids is 1. The topological polar surface area (TPSA) is 66.6 Å². The molecule has 3 N–H and O–H groups in total. The molecule has 86 valence electrons. The highest BCUT2D eigenvalue weighted by Crippen LogP contribution is 2.23. The van der Waals surface area contributed by atoms with Gasteiger partial charge < -0.3 is 15.7 Å². The molecular formula is C12H16N2O2. The summed E-state index contributed by atoms with van der Waals surface area (Å²) in [6.07, 6.45) is 1.53. The number of para-hydroxylation sites is 1. The van der Waals surface area contributed by atoms with E-state index in [-0.39, 0.29) is 17.7 Å². The van der Waals surface area contributed by atoms with E-state index in [1.807, 2.05) is 6.07 Å². The van der Waals surface area contributed by atoms with Crippen LogP contribution in [0.4, 0.5) is 0 Å². The SMILES string of the molecule is NC(CN1CCCC1=O)c1ccccc1O. The van der Waals surface area contributed by atoms with Gasteiger partial charge in [-0.15, -0.1) is 0 Å². The molecule has 0 spiro atoms. The fraction of sp³-hybridized carbons (Fsp3) is 0.417. The Hall–Kier alpha value is -1.55. The zero-order valence-electron chi connectivity index (χ0n) is 9.10. The van der Waals surface area contributed by atoms with Gasteiger partial charge in [-0.25, -0.2) is 0 Å². The third-order valence-electron chi connectivity index (χ3n) is 2.92. The quantitative estimate of drug-likeness (QED) is 0.799. The number of aromatic hydroxyl groups is 1. The monoisotopic (exact) mass is 220 g/mol. The highest BCUT2D eigenvalue weighted by atomic mass is 16.3. The van der Waals surface area contributed by atoms with Crippen LogP contribution in [0.1, 0.15) is 24.4 Å². The molecular weight excluding hydrogens is 204 g/mol. The van der Waals surface area contributed by atoms with Gasteiger partial charge in [-0.2, -0.15) is 0 Å². The normalized spacial score (nSPS) is 17.8. The molecule has 1 aliphatic heterocycles. The number of nitrogens with two attached hydrogens (primary N) is 1. The molecule has 0 aromatic heterocycles. The van der Waals surface area contributed by atoms with Crippen molar-refractivity contribution in [2.24, 2.45) is 5.73 Å². The largest absolute Gasteiger partial charge is 0.508 e. The lowest BCUT2D eigenvalue weighted by Gasteiger charge is -2.21. The Morgan fingerprint density at radius 1 is 1.44 bits per heavy atom. The standard InChI is InChI=1S/C12H16N2O2/c13-10(8-14-7-3-6-12(14)16)9-4-1-2-5-11(9)15/h1-2,4-5,10,15H,3,6-8,13H2. The minimum Gasteiger partial charge on any atom is -0.508 e. The van der Waals surface area contributed by atoms with Crippen LogP contribution in [0.3, 0.4) is 0 Å². The Morgan fingerprint density at radius 3 is 2.81 bits per heavy atom. The maximum absolute atomic E-state index is 11.4. The molecule has 1 fully saturated rings. The smallest absolute Gasteiger partial charge is 0.222 e. The summed E-state index contributed by atoms with van der Waals surface area (Å²) in [4.78, 5) is 13.2. The second-order valence-electron chi connectivity index (χ2n) is 4.11. The van der Waals surface area contributed by atoms with Crippen molar-refractivity contribution in [2.75, 3.05) is 13.1 Å². The first-order valence-electron chi connectivity index (χ1n) is 5.49. The van der Waals surface area contributed by atoms with Crippen molar-refractivity contribution in [3.05, 3.63) is 29.8 Å². The Morgan fingerprint density at radius 2 is 2.19 bits per heavy atom. The van der Waals surface area contributed by atoms with E-state index < -0.39 is 0 Å². The van der Waals surface area contributed by atoms with Gasteiger partial charge in [0.2, 0.25) is 5.91 Å². The van der Waals surface area contributed by atoms with Gasteiger partial charge in [-0.1, -0.05) is 18.2 Å². The second-order valence-corrected chi connectivity index (χ2v) is 4.11. The number of benzene rings is 1. The number of hydrogen-bond donors (Lipinski definition) is 2. The van der Waals surface area contributed by atoms with E-state index in [4.69, 9.17) is 5.73 Å². The number of nitrogens with zero attached hydrogens (tertiary/aromatic N) is 1. The fourth-order valence-electron chi connectivity index (χ4n) is 2.03. The third kappa shape index (κ3) is 2.17. The van der Waals surface area contributed by atoms with Crippen LogP contribution in [0.5, 0.6) is 5.75 Å². The van der Waals surface area contributed by atoms with Crippen LogP contribution in [-0.2, 0) is 4.79 Å². The number of likely N-dealkylation sites (tertiary alicyclic amines) is 1. The van der Waals surface area contributed by atoms with Crippen LogP contribution in [0.15, 0.2) is 24.3 Å². The number of rotatable bonds is 3. The highest BCUT2D eigenvalue weighted by molar-refractivity contribution is 5.78. The fourth-order valence-corrected chi connectivity index (χ4v) is 2.03. The molecule has 1 unspecified atom stereocenters. The van der Waals surface area contributed by atoms with E-state index in [1.165, 1.54) is 0 Å². The summed E-state index contributed by atoms with van der Waals surface area (Å²) in [5, 5.41) is 9.64. The molecule has 0 aliphatic carbocycles. The van der Waals surface area contributed by atoms with Crippen molar-refractivity contribution < 1.29 is 9.90 Å². The second kappa shape index (κ2) is 4.53. The zero-order chi connectivity index (χ0) is 11.5. The summed E-state index contributed by atoms with van der Waals surface area (Å²) in [6.45, 7) is 1.26. The summed E-state index contributed by atoms with van der Waals surface area (Å²) in [7, 11) is 0. The van der Waals surface area contributed by atoms with E-state index >= 15 is 0 Å². The van der Waals surface area contributed by atoms with Crippen molar-refractivity contribution in [2.45, 2.75) is 18.9 Å². The third-order valence-corrected chi connectivity index (χ3v) is 2.92. The van der Waals surface area contributed by atoms with Crippen molar-refractivity contribution in [1.29, 1.82) is 0 Å². The molecule has 1 aromatic rings. The lowest BCUT2D eigenvalue weighted by atomic mass is 10.1. The van der Waals surface area contributed by atoms with Gasteiger partial charge in [0, 0.05) is 25.1 Å². The Kier molecular flexibility index (Phi) is 3.10. The summed E-state index contributed by atoms with van der Waals surface area (Å²) in [5.41, 5.74) is 6.68. The van der Waals surface area contributed by atoms with E-state index in [0.29, 0.717) is 18.5 Å². The molecule has 1 saturated heterocycles. The van der Waals surface area contributed by atoms with Crippen molar-refractivity contribution >= 4 is 5.91 Å². The number of phenolic OH excluding ortho intramolecular Hbond substituents is 1. The predicted molar refractivity (Wildman–Crippen MR) is 60.8 cm³/mol. The maximum atomic E-state index is 11.4. The van der Waals surface area contributed by atoms with E-state index in [1.54, 1.807) is 23.1 Å². The highest BCUT2D eigenvalue weighted by Gasteiger charge is 2.23. The van der Waals surface area contributed by atoms with Gasteiger partial charge in [0.1, 0.15) is 5.75 Å². The van der Waals surface area contributed by atoms with E-state index in [0.717, 1.165) is 13.0 Å². The summed E-state index contributed by atoms with van der Waals surface area (Å²) in [5.74, 6) is 0.354. The minimum atomic E-state index is -0.316. The summed E-state index contributed by atoms with van der Waals surface area (Å²) in [6, 6.07) is 6.68. The maximum Gasteiger partial charge on any atom is 0.222 e. The summed E-state index contributed by atoms with van der Waals surface area (Å²) < 4.78 is 0.